The first-order valence-electron chi connectivity index (χ1n) is 10.0. The van der Waals surface area contributed by atoms with Crippen LogP contribution in [0.5, 0.6) is 0 Å². The van der Waals surface area contributed by atoms with Gasteiger partial charge in [-0.1, -0.05) is 60.7 Å². The second-order valence-electron chi connectivity index (χ2n) is 7.38. The topological polar surface area (TPSA) is 49.9 Å². The molecule has 0 spiro atoms. The van der Waals surface area contributed by atoms with Gasteiger partial charge in [0.05, 0.1) is 19.1 Å². The van der Waals surface area contributed by atoms with Gasteiger partial charge < -0.3 is 14.5 Å². The lowest BCUT2D eigenvalue weighted by Gasteiger charge is -2.34. The molecule has 4 rings (SSSR count). The van der Waals surface area contributed by atoms with Gasteiger partial charge in [0, 0.05) is 19.6 Å². The van der Waals surface area contributed by atoms with E-state index in [-0.39, 0.29) is 23.8 Å². The zero-order valence-corrected chi connectivity index (χ0v) is 16.0. The van der Waals surface area contributed by atoms with Crippen LogP contribution in [0.15, 0.2) is 60.7 Å². The van der Waals surface area contributed by atoms with Gasteiger partial charge in [0.1, 0.15) is 6.04 Å². The third-order valence-electron chi connectivity index (χ3n) is 5.66. The van der Waals surface area contributed by atoms with Crippen molar-refractivity contribution in [2.45, 2.75) is 24.8 Å². The van der Waals surface area contributed by atoms with Crippen molar-refractivity contribution in [2.75, 3.05) is 32.8 Å². The molecule has 2 amide bonds. The number of hydrogen-bond acceptors (Lipinski definition) is 3. The standard InChI is InChI=1S/C23H26N2O3/c26-22(24-14-16-28-17-15-24)20-12-7-13-25(20)23(27)21(18-8-3-1-4-9-18)19-10-5-2-6-11-19/h1-6,8-11,20-21H,7,12-17H2/t20-/m1/s1. The van der Waals surface area contributed by atoms with E-state index < -0.39 is 0 Å². The number of rotatable bonds is 4. The second kappa shape index (κ2) is 8.57. The van der Waals surface area contributed by atoms with Gasteiger partial charge in [-0.2, -0.15) is 0 Å². The number of nitrogens with zero attached hydrogens (tertiary/aromatic N) is 2. The number of likely N-dealkylation sites (tertiary alicyclic amines) is 1. The zero-order chi connectivity index (χ0) is 19.3. The Hall–Kier alpha value is -2.66. The van der Waals surface area contributed by atoms with Crippen LogP contribution in [0.4, 0.5) is 0 Å². The van der Waals surface area contributed by atoms with Crippen molar-refractivity contribution in [1.82, 2.24) is 9.80 Å². The molecule has 2 aliphatic rings. The fourth-order valence-corrected chi connectivity index (χ4v) is 4.22. The third kappa shape index (κ3) is 3.80. The fourth-order valence-electron chi connectivity index (χ4n) is 4.22. The van der Waals surface area contributed by atoms with Crippen molar-refractivity contribution in [2.24, 2.45) is 0 Å². The molecule has 0 N–H and O–H groups in total. The molecule has 2 fully saturated rings. The summed E-state index contributed by atoms with van der Waals surface area (Å²) in [4.78, 5) is 30.4. The van der Waals surface area contributed by atoms with Crippen LogP contribution in [0.1, 0.15) is 29.9 Å². The van der Waals surface area contributed by atoms with Gasteiger partial charge >= 0.3 is 0 Å². The largest absolute Gasteiger partial charge is 0.378 e. The summed E-state index contributed by atoms with van der Waals surface area (Å²) in [6, 6.07) is 19.3. The SMILES string of the molecule is O=C([C@H]1CCCN1C(=O)C(c1ccccc1)c1ccccc1)N1CCOCC1. The summed E-state index contributed by atoms with van der Waals surface area (Å²) >= 11 is 0. The van der Waals surface area contributed by atoms with Gasteiger partial charge in [-0.05, 0) is 24.0 Å². The van der Waals surface area contributed by atoms with E-state index in [4.69, 9.17) is 4.74 Å². The molecule has 2 heterocycles. The molecule has 1 atom stereocenters. The van der Waals surface area contributed by atoms with Gasteiger partial charge in [0.25, 0.3) is 0 Å². The smallest absolute Gasteiger partial charge is 0.245 e. The minimum absolute atomic E-state index is 0.0153. The summed E-state index contributed by atoms with van der Waals surface area (Å²) in [6.07, 6.45) is 1.60. The molecule has 0 radical (unpaired) electrons. The lowest BCUT2D eigenvalue weighted by Crippen LogP contribution is -2.51. The number of hydrogen-bond donors (Lipinski definition) is 0. The highest BCUT2D eigenvalue weighted by atomic mass is 16.5. The Morgan fingerprint density at radius 3 is 2.00 bits per heavy atom. The quantitative estimate of drug-likeness (QED) is 0.822. The maximum absolute atomic E-state index is 13.7. The minimum atomic E-state index is -0.388. The predicted octanol–water partition coefficient (Wildman–Crippen LogP) is 2.67. The Morgan fingerprint density at radius 2 is 1.43 bits per heavy atom. The van der Waals surface area contributed by atoms with Gasteiger partial charge in [-0.15, -0.1) is 0 Å². The van der Waals surface area contributed by atoms with Crippen LogP contribution < -0.4 is 0 Å². The summed E-state index contributed by atoms with van der Waals surface area (Å²) in [6.45, 7) is 3.00. The Balaban J connectivity index is 1.61. The van der Waals surface area contributed by atoms with E-state index in [1.807, 2.05) is 70.5 Å². The molecule has 5 heteroatoms. The van der Waals surface area contributed by atoms with Crippen LogP contribution in [0.3, 0.4) is 0 Å². The number of amides is 2. The number of morpholine rings is 1. The van der Waals surface area contributed by atoms with Gasteiger partial charge in [0.15, 0.2) is 0 Å². The van der Waals surface area contributed by atoms with Gasteiger partial charge in [-0.3, -0.25) is 9.59 Å². The molecule has 2 aromatic rings. The molecule has 0 aromatic heterocycles. The summed E-state index contributed by atoms with van der Waals surface area (Å²) in [5.41, 5.74) is 1.92. The molecule has 0 unspecified atom stereocenters. The average Bonchev–Trinajstić information content (AvgIpc) is 3.25. The second-order valence-corrected chi connectivity index (χ2v) is 7.38. The lowest BCUT2D eigenvalue weighted by atomic mass is 9.89. The van der Waals surface area contributed by atoms with E-state index in [0.717, 1.165) is 24.0 Å². The van der Waals surface area contributed by atoms with E-state index in [0.29, 0.717) is 32.8 Å². The molecule has 0 bridgehead atoms. The van der Waals surface area contributed by atoms with Crippen LogP contribution >= 0.6 is 0 Å². The van der Waals surface area contributed by atoms with E-state index in [9.17, 15) is 9.59 Å². The maximum atomic E-state index is 13.7. The number of carbonyl (C=O) groups excluding carboxylic acids is 2. The normalized spacial score (nSPS) is 19.8. The Kier molecular flexibility index (Phi) is 5.72. The molecule has 146 valence electrons. The molecule has 0 aliphatic carbocycles. The van der Waals surface area contributed by atoms with Crippen molar-refractivity contribution >= 4 is 11.8 Å². The van der Waals surface area contributed by atoms with Crippen LogP contribution in [0.2, 0.25) is 0 Å². The van der Waals surface area contributed by atoms with Gasteiger partial charge in [-0.25, -0.2) is 0 Å². The Labute approximate surface area is 165 Å². The Bertz CT molecular complexity index is 764. The first kappa shape index (κ1) is 18.7. The summed E-state index contributed by atoms with van der Waals surface area (Å²) in [5, 5.41) is 0. The molecular formula is C23H26N2O3. The zero-order valence-electron chi connectivity index (χ0n) is 16.0. The summed E-state index contributed by atoms with van der Waals surface area (Å²) in [7, 11) is 0. The highest BCUT2D eigenvalue weighted by Gasteiger charge is 2.40. The summed E-state index contributed by atoms with van der Waals surface area (Å²) < 4.78 is 5.37. The van der Waals surface area contributed by atoms with Crippen LogP contribution in [0, 0.1) is 0 Å². The van der Waals surface area contributed by atoms with Crippen molar-refractivity contribution in [3.63, 3.8) is 0 Å². The monoisotopic (exact) mass is 378 g/mol. The summed E-state index contributed by atoms with van der Waals surface area (Å²) in [5.74, 6) is -0.309. The molecular weight excluding hydrogens is 352 g/mol. The van der Waals surface area contributed by atoms with Crippen molar-refractivity contribution in [3.8, 4) is 0 Å². The molecule has 28 heavy (non-hydrogen) atoms. The van der Waals surface area contributed by atoms with Gasteiger partial charge in [0.2, 0.25) is 11.8 Å². The fraction of sp³-hybridized carbons (Fsp3) is 0.391. The number of benzene rings is 2. The highest BCUT2D eigenvalue weighted by Crippen LogP contribution is 2.31. The van der Waals surface area contributed by atoms with Crippen molar-refractivity contribution in [3.05, 3.63) is 71.8 Å². The lowest BCUT2D eigenvalue weighted by molar-refractivity contribution is -0.146. The average molecular weight is 378 g/mol. The van der Waals surface area contributed by atoms with E-state index >= 15 is 0 Å². The first-order chi connectivity index (χ1) is 13.8. The molecule has 2 aromatic carbocycles. The third-order valence-corrected chi connectivity index (χ3v) is 5.66. The van der Waals surface area contributed by atoms with Crippen LogP contribution in [-0.2, 0) is 14.3 Å². The van der Waals surface area contributed by atoms with E-state index in [2.05, 4.69) is 0 Å². The predicted molar refractivity (Wildman–Crippen MR) is 107 cm³/mol. The number of carbonyl (C=O) groups is 2. The molecule has 2 aliphatic heterocycles. The molecule has 0 saturated carbocycles. The van der Waals surface area contributed by atoms with Crippen LogP contribution in [-0.4, -0.2) is 60.5 Å². The molecule has 5 nitrogen and oxygen atoms in total. The van der Waals surface area contributed by atoms with E-state index in [1.54, 1.807) is 0 Å². The molecule has 2 saturated heterocycles. The number of ether oxygens (including phenoxy) is 1. The first-order valence-corrected chi connectivity index (χ1v) is 10.0. The van der Waals surface area contributed by atoms with Crippen molar-refractivity contribution in [1.29, 1.82) is 0 Å². The Morgan fingerprint density at radius 1 is 0.857 bits per heavy atom. The highest BCUT2D eigenvalue weighted by molar-refractivity contribution is 5.93. The van der Waals surface area contributed by atoms with E-state index in [1.165, 1.54) is 0 Å². The van der Waals surface area contributed by atoms with Crippen LogP contribution in [0.25, 0.3) is 0 Å². The maximum Gasteiger partial charge on any atom is 0.245 e. The minimum Gasteiger partial charge on any atom is -0.378 e. The van der Waals surface area contributed by atoms with Crippen molar-refractivity contribution < 1.29 is 14.3 Å².